The molecule has 1 aliphatic rings. The van der Waals surface area contributed by atoms with Crippen LogP contribution in [0.15, 0.2) is 115 Å². The standard InChI is InChI=1S/C38H40O6/c1-5-6-7-8-28-9-11-29(12-10-28)30-13-15-31(16-14-30)32-17-19-33(20-18-32)34-21-35(43-36(41)26(2)24-39)23-38(4,22-34)44-37(42)27(3)25-40/h9-21,23,39-40H,2-3,5-8,22,24-25H2,1,4H3. The largest absolute Gasteiger partial charge is 0.451 e. The fraction of sp³-hybridized carbons (Fsp3) is 0.263. The summed E-state index contributed by atoms with van der Waals surface area (Å²) in [5.74, 6) is -1.38. The molecule has 1 unspecified atom stereocenters. The van der Waals surface area contributed by atoms with Crippen molar-refractivity contribution in [2.75, 3.05) is 13.2 Å². The van der Waals surface area contributed by atoms with E-state index >= 15 is 0 Å². The number of ether oxygens (including phenoxy) is 2. The molecular weight excluding hydrogens is 552 g/mol. The van der Waals surface area contributed by atoms with Crippen LogP contribution in [-0.4, -0.2) is 41.0 Å². The summed E-state index contributed by atoms with van der Waals surface area (Å²) in [6.45, 7) is 9.89. The van der Waals surface area contributed by atoms with Crippen LogP contribution in [0.4, 0.5) is 0 Å². The Kier molecular flexibility index (Phi) is 10.9. The molecule has 1 atom stereocenters. The van der Waals surface area contributed by atoms with E-state index in [9.17, 15) is 19.8 Å². The van der Waals surface area contributed by atoms with Gasteiger partial charge < -0.3 is 19.7 Å². The van der Waals surface area contributed by atoms with Gasteiger partial charge in [0.25, 0.3) is 0 Å². The van der Waals surface area contributed by atoms with Gasteiger partial charge in [-0.1, -0.05) is 106 Å². The van der Waals surface area contributed by atoms with Crippen LogP contribution < -0.4 is 0 Å². The van der Waals surface area contributed by atoms with Gasteiger partial charge in [0, 0.05) is 12.5 Å². The zero-order valence-electron chi connectivity index (χ0n) is 25.5. The number of carbonyl (C=O) groups excluding carboxylic acids is 2. The van der Waals surface area contributed by atoms with Crippen molar-refractivity contribution in [1.82, 2.24) is 0 Å². The number of rotatable bonds is 13. The van der Waals surface area contributed by atoms with Crippen molar-refractivity contribution in [2.24, 2.45) is 0 Å². The molecule has 0 amide bonds. The molecule has 0 radical (unpaired) electrons. The van der Waals surface area contributed by atoms with Crippen molar-refractivity contribution in [2.45, 2.75) is 51.6 Å². The van der Waals surface area contributed by atoms with Gasteiger partial charge >= 0.3 is 11.9 Å². The summed E-state index contributed by atoms with van der Waals surface area (Å²) in [6.07, 6.45) is 8.35. The van der Waals surface area contributed by atoms with Gasteiger partial charge in [0.2, 0.25) is 0 Å². The maximum atomic E-state index is 12.5. The fourth-order valence-corrected chi connectivity index (χ4v) is 5.07. The topological polar surface area (TPSA) is 93.1 Å². The van der Waals surface area contributed by atoms with Crippen LogP contribution in [0.2, 0.25) is 0 Å². The fourth-order valence-electron chi connectivity index (χ4n) is 5.07. The maximum Gasteiger partial charge on any atom is 0.341 e. The van der Waals surface area contributed by atoms with Crippen LogP contribution in [0.3, 0.4) is 0 Å². The highest BCUT2D eigenvalue weighted by atomic mass is 16.6. The predicted octanol–water partition coefficient (Wildman–Crippen LogP) is 7.37. The molecule has 0 spiro atoms. The summed E-state index contributed by atoms with van der Waals surface area (Å²) in [5.41, 5.74) is 6.10. The molecule has 0 fully saturated rings. The number of aliphatic hydroxyl groups is 2. The van der Waals surface area contributed by atoms with Crippen molar-refractivity contribution in [3.63, 3.8) is 0 Å². The van der Waals surface area contributed by atoms with Crippen molar-refractivity contribution in [3.05, 3.63) is 126 Å². The van der Waals surface area contributed by atoms with Gasteiger partial charge in [-0.25, -0.2) is 9.59 Å². The molecule has 2 N–H and O–H groups in total. The molecule has 0 aliphatic heterocycles. The molecule has 228 valence electrons. The molecule has 3 aromatic rings. The molecule has 0 saturated heterocycles. The zero-order chi connectivity index (χ0) is 31.7. The molecule has 3 aromatic carbocycles. The second kappa shape index (κ2) is 14.8. The maximum absolute atomic E-state index is 12.5. The average Bonchev–Trinajstić information content (AvgIpc) is 3.04. The monoisotopic (exact) mass is 592 g/mol. The Bertz CT molecular complexity index is 1560. The number of carbonyl (C=O) groups is 2. The van der Waals surface area contributed by atoms with Crippen LogP contribution in [-0.2, 0) is 25.5 Å². The molecule has 6 heteroatoms. The molecule has 44 heavy (non-hydrogen) atoms. The van der Waals surface area contributed by atoms with Crippen LogP contribution >= 0.6 is 0 Å². The predicted molar refractivity (Wildman–Crippen MR) is 174 cm³/mol. The highest BCUT2D eigenvalue weighted by Gasteiger charge is 2.33. The number of hydrogen-bond donors (Lipinski definition) is 2. The quantitative estimate of drug-likeness (QED) is 0.122. The van der Waals surface area contributed by atoms with E-state index in [1.807, 2.05) is 24.3 Å². The van der Waals surface area contributed by atoms with Crippen molar-refractivity contribution < 1.29 is 29.3 Å². The Morgan fingerprint density at radius 2 is 1.23 bits per heavy atom. The third-order valence-corrected chi connectivity index (χ3v) is 7.63. The van der Waals surface area contributed by atoms with E-state index in [-0.39, 0.29) is 16.9 Å². The van der Waals surface area contributed by atoms with E-state index in [2.05, 4.69) is 68.6 Å². The third kappa shape index (κ3) is 8.31. The number of allylic oxidation sites excluding steroid dienone is 1. The molecule has 4 rings (SSSR count). The van der Waals surface area contributed by atoms with E-state index in [0.29, 0.717) is 6.42 Å². The van der Waals surface area contributed by atoms with Gasteiger partial charge in [-0.3, -0.25) is 0 Å². The molecule has 0 bridgehead atoms. The lowest BCUT2D eigenvalue weighted by Crippen LogP contribution is -2.33. The second-order valence-electron chi connectivity index (χ2n) is 11.3. The van der Waals surface area contributed by atoms with E-state index in [1.165, 1.54) is 36.5 Å². The molecular formula is C38H40O6. The summed E-state index contributed by atoms with van der Waals surface area (Å²) in [4.78, 5) is 24.8. The Morgan fingerprint density at radius 3 is 1.73 bits per heavy atom. The Hall–Kier alpha value is -4.52. The summed E-state index contributed by atoms with van der Waals surface area (Å²) >= 11 is 0. The number of hydrogen-bond acceptors (Lipinski definition) is 6. The van der Waals surface area contributed by atoms with E-state index < -0.39 is 30.8 Å². The minimum absolute atomic E-state index is 0.0854. The van der Waals surface area contributed by atoms with Gasteiger partial charge in [-0.05, 0) is 64.8 Å². The van der Waals surface area contributed by atoms with Crippen molar-refractivity contribution in [3.8, 4) is 22.3 Å². The van der Waals surface area contributed by atoms with Crippen LogP contribution in [0.1, 0.15) is 50.7 Å². The molecule has 0 aromatic heterocycles. The minimum atomic E-state index is -1.18. The lowest BCUT2D eigenvalue weighted by molar-refractivity contribution is -0.149. The number of aliphatic hydroxyl groups excluding tert-OH is 2. The molecule has 0 saturated carbocycles. The Labute approximate surface area is 259 Å². The lowest BCUT2D eigenvalue weighted by atomic mass is 9.86. The second-order valence-corrected chi connectivity index (χ2v) is 11.3. The van der Waals surface area contributed by atoms with E-state index in [4.69, 9.17) is 9.47 Å². The van der Waals surface area contributed by atoms with Crippen molar-refractivity contribution >= 4 is 17.5 Å². The summed E-state index contributed by atoms with van der Waals surface area (Å²) in [7, 11) is 0. The average molecular weight is 593 g/mol. The molecule has 1 aliphatic carbocycles. The van der Waals surface area contributed by atoms with Crippen molar-refractivity contribution in [1.29, 1.82) is 0 Å². The smallest absolute Gasteiger partial charge is 0.341 e. The number of aryl methyl sites for hydroxylation is 1. The first-order valence-corrected chi connectivity index (χ1v) is 14.9. The van der Waals surface area contributed by atoms with Gasteiger partial charge in [0.1, 0.15) is 11.4 Å². The van der Waals surface area contributed by atoms with Gasteiger partial charge in [-0.15, -0.1) is 0 Å². The van der Waals surface area contributed by atoms with Gasteiger partial charge in [0.15, 0.2) is 0 Å². The lowest BCUT2D eigenvalue weighted by Gasteiger charge is -2.31. The third-order valence-electron chi connectivity index (χ3n) is 7.63. The number of benzene rings is 3. The van der Waals surface area contributed by atoms with E-state index in [0.717, 1.165) is 34.2 Å². The normalized spacial score (nSPS) is 16.0. The number of unbranched alkanes of at least 4 members (excludes halogenated alkanes) is 2. The highest BCUT2D eigenvalue weighted by molar-refractivity contribution is 5.90. The zero-order valence-corrected chi connectivity index (χ0v) is 25.5. The molecule has 6 nitrogen and oxygen atoms in total. The Balaban J connectivity index is 1.52. The SMILES string of the molecule is C=C(CO)C(=O)OC1=CC(C)(OC(=O)C(=C)CO)CC(c2ccc(-c3ccc(-c4ccc(CCCCC)cc4)cc3)cc2)=C1. The summed E-state index contributed by atoms with van der Waals surface area (Å²) < 4.78 is 11.1. The van der Waals surface area contributed by atoms with E-state index in [1.54, 1.807) is 13.0 Å². The first kappa shape index (κ1) is 32.4. The van der Waals surface area contributed by atoms with Crippen LogP contribution in [0.25, 0.3) is 27.8 Å². The minimum Gasteiger partial charge on any atom is -0.451 e. The Morgan fingerprint density at radius 1 is 0.750 bits per heavy atom. The van der Waals surface area contributed by atoms with Crippen LogP contribution in [0, 0.1) is 0 Å². The number of esters is 2. The first-order valence-electron chi connectivity index (χ1n) is 14.9. The first-order chi connectivity index (χ1) is 21.1. The summed E-state index contributed by atoms with van der Waals surface area (Å²) in [5, 5.41) is 18.6. The van der Waals surface area contributed by atoms with Crippen LogP contribution in [0.5, 0.6) is 0 Å². The highest BCUT2D eigenvalue weighted by Crippen LogP contribution is 2.37. The van der Waals surface area contributed by atoms with Gasteiger partial charge in [-0.2, -0.15) is 0 Å². The molecule has 0 heterocycles. The van der Waals surface area contributed by atoms with Gasteiger partial charge in [0.05, 0.1) is 24.4 Å². The summed E-state index contributed by atoms with van der Waals surface area (Å²) in [6, 6.07) is 25.3.